The number of nitrogens with zero attached hydrogens (tertiary/aromatic N) is 2. The highest BCUT2D eigenvalue weighted by atomic mass is 16.5. The third-order valence-electron chi connectivity index (χ3n) is 4.10. The van der Waals surface area contributed by atoms with Gasteiger partial charge in [-0.3, -0.25) is 4.68 Å². The zero-order valence-electron chi connectivity index (χ0n) is 14.5. The van der Waals surface area contributed by atoms with Crippen LogP contribution in [0.3, 0.4) is 0 Å². The first-order valence-corrected chi connectivity index (χ1v) is 8.16. The Balaban J connectivity index is 2.04. The van der Waals surface area contributed by atoms with E-state index in [1.165, 1.54) is 11.1 Å². The van der Waals surface area contributed by atoms with Gasteiger partial charge >= 0.3 is 0 Å². The van der Waals surface area contributed by atoms with E-state index < -0.39 is 0 Å². The molecular weight excluding hydrogens is 290 g/mol. The Kier molecular flexibility index (Phi) is 6.19. The molecule has 0 bridgehead atoms. The highest BCUT2D eigenvalue weighted by Gasteiger charge is 2.13. The van der Waals surface area contributed by atoms with Crippen LogP contribution in [0.5, 0.6) is 5.75 Å². The summed E-state index contributed by atoms with van der Waals surface area (Å²) >= 11 is 0. The molecule has 0 radical (unpaired) electrons. The van der Waals surface area contributed by atoms with Gasteiger partial charge in [-0.05, 0) is 45.4 Å². The predicted molar refractivity (Wildman–Crippen MR) is 91.7 cm³/mol. The fourth-order valence-corrected chi connectivity index (χ4v) is 2.72. The summed E-state index contributed by atoms with van der Waals surface area (Å²) in [4.78, 5) is 0. The Bertz CT molecular complexity index is 637. The fraction of sp³-hybridized carbons (Fsp3) is 0.500. The second-order valence-corrected chi connectivity index (χ2v) is 5.70. The maximum absolute atomic E-state index is 9.09. The number of hydrogen-bond donors (Lipinski definition) is 2. The van der Waals surface area contributed by atoms with Crippen LogP contribution in [0.15, 0.2) is 24.3 Å². The monoisotopic (exact) mass is 317 g/mol. The van der Waals surface area contributed by atoms with Gasteiger partial charge < -0.3 is 15.2 Å². The van der Waals surface area contributed by atoms with Crippen LogP contribution in [0, 0.1) is 13.8 Å². The second kappa shape index (κ2) is 8.13. The van der Waals surface area contributed by atoms with Crippen LogP contribution in [-0.4, -0.2) is 28.1 Å². The first-order chi connectivity index (χ1) is 11.1. The normalized spacial score (nSPS) is 12.4. The van der Waals surface area contributed by atoms with Gasteiger partial charge in [0, 0.05) is 23.8 Å². The van der Waals surface area contributed by atoms with E-state index in [0.717, 1.165) is 23.7 Å². The third-order valence-corrected chi connectivity index (χ3v) is 4.10. The van der Waals surface area contributed by atoms with Crippen LogP contribution >= 0.6 is 0 Å². The van der Waals surface area contributed by atoms with Crippen molar-refractivity contribution >= 4 is 0 Å². The fourth-order valence-electron chi connectivity index (χ4n) is 2.72. The van der Waals surface area contributed by atoms with Crippen molar-refractivity contribution in [1.82, 2.24) is 15.1 Å². The zero-order chi connectivity index (χ0) is 16.8. The van der Waals surface area contributed by atoms with E-state index in [0.29, 0.717) is 13.2 Å². The van der Waals surface area contributed by atoms with Crippen LogP contribution in [-0.2, 0) is 13.1 Å². The molecule has 1 aromatic heterocycles. The minimum atomic E-state index is 0.107. The maximum Gasteiger partial charge on any atom is 0.119 e. The first kappa shape index (κ1) is 17.5. The highest BCUT2D eigenvalue weighted by molar-refractivity contribution is 5.31. The van der Waals surface area contributed by atoms with Crippen molar-refractivity contribution in [3.8, 4) is 5.75 Å². The summed E-state index contributed by atoms with van der Waals surface area (Å²) < 4.78 is 7.43. The second-order valence-electron chi connectivity index (χ2n) is 5.70. The van der Waals surface area contributed by atoms with Gasteiger partial charge in [-0.25, -0.2) is 0 Å². The van der Waals surface area contributed by atoms with E-state index in [1.54, 1.807) is 0 Å². The minimum absolute atomic E-state index is 0.107. The lowest BCUT2D eigenvalue weighted by molar-refractivity contribution is 0.267. The van der Waals surface area contributed by atoms with Crippen LogP contribution in [0.1, 0.15) is 42.4 Å². The van der Waals surface area contributed by atoms with Crippen molar-refractivity contribution in [3.63, 3.8) is 0 Å². The predicted octanol–water partition coefficient (Wildman–Crippen LogP) is 2.74. The minimum Gasteiger partial charge on any atom is -0.494 e. The largest absolute Gasteiger partial charge is 0.494 e. The molecule has 5 heteroatoms. The molecule has 0 aliphatic rings. The van der Waals surface area contributed by atoms with Gasteiger partial charge in [0.15, 0.2) is 0 Å². The quantitative estimate of drug-likeness (QED) is 0.786. The molecule has 1 aromatic carbocycles. The summed E-state index contributed by atoms with van der Waals surface area (Å²) in [7, 11) is 0. The van der Waals surface area contributed by atoms with Gasteiger partial charge in [0.1, 0.15) is 5.75 Å². The SMILES string of the molecule is CCOc1cccc(C(C)NCc2c(C)nn(CCO)c2C)c1. The van der Waals surface area contributed by atoms with Gasteiger partial charge in [0.05, 0.1) is 25.5 Å². The molecule has 23 heavy (non-hydrogen) atoms. The maximum atomic E-state index is 9.09. The van der Waals surface area contributed by atoms with E-state index >= 15 is 0 Å². The Hall–Kier alpha value is -1.85. The van der Waals surface area contributed by atoms with Crippen molar-refractivity contribution in [2.45, 2.75) is 46.8 Å². The van der Waals surface area contributed by atoms with Crippen LogP contribution in [0.25, 0.3) is 0 Å². The summed E-state index contributed by atoms with van der Waals surface area (Å²) in [5.41, 5.74) is 4.53. The molecular formula is C18H27N3O2. The van der Waals surface area contributed by atoms with Crippen molar-refractivity contribution in [2.24, 2.45) is 0 Å². The number of nitrogens with one attached hydrogen (secondary N) is 1. The lowest BCUT2D eigenvalue weighted by Gasteiger charge is -2.16. The third kappa shape index (κ3) is 4.33. The molecule has 5 nitrogen and oxygen atoms in total. The number of hydrogen-bond acceptors (Lipinski definition) is 4. The Morgan fingerprint density at radius 2 is 2.13 bits per heavy atom. The topological polar surface area (TPSA) is 59.3 Å². The number of aromatic nitrogens is 2. The lowest BCUT2D eigenvalue weighted by atomic mass is 10.1. The number of aliphatic hydroxyl groups is 1. The van der Waals surface area contributed by atoms with Crippen LogP contribution in [0.2, 0.25) is 0 Å². The van der Waals surface area contributed by atoms with Gasteiger partial charge in [-0.2, -0.15) is 5.10 Å². The Labute approximate surface area is 138 Å². The van der Waals surface area contributed by atoms with Crippen molar-refractivity contribution < 1.29 is 9.84 Å². The molecule has 0 saturated heterocycles. The molecule has 0 aliphatic heterocycles. The average Bonchev–Trinajstić information content (AvgIpc) is 2.80. The van der Waals surface area contributed by atoms with Crippen LogP contribution < -0.4 is 10.1 Å². The molecule has 2 rings (SSSR count). The molecule has 0 aliphatic carbocycles. The summed E-state index contributed by atoms with van der Waals surface area (Å²) in [6.07, 6.45) is 0. The number of benzene rings is 1. The molecule has 0 spiro atoms. The van der Waals surface area contributed by atoms with Crippen molar-refractivity contribution in [2.75, 3.05) is 13.2 Å². The smallest absolute Gasteiger partial charge is 0.119 e. The summed E-state index contributed by atoms with van der Waals surface area (Å²) in [6.45, 7) is 10.3. The molecule has 0 fully saturated rings. The van der Waals surface area contributed by atoms with E-state index in [9.17, 15) is 0 Å². The van der Waals surface area contributed by atoms with E-state index in [2.05, 4.69) is 29.5 Å². The number of rotatable bonds is 8. The zero-order valence-corrected chi connectivity index (χ0v) is 14.5. The summed E-state index contributed by atoms with van der Waals surface area (Å²) in [6, 6.07) is 8.40. The van der Waals surface area contributed by atoms with Gasteiger partial charge in [0.25, 0.3) is 0 Å². The van der Waals surface area contributed by atoms with Crippen LogP contribution in [0.4, 0.5) is 0 Å². The molecule has 1 heterocycles. The van der Waals surface area contributed by atoms with Gasteiger partial charge in [-0.1, -0.05) is 12.1 Å². The van der Waals surface area contributed by atoms with Crippen molar-refractivity contribution in [3.05, 3.63) is 46.8 Å². The van der Waals surface area contributed by atoms with E-state index in [1.807, 2.05) is 37.6 Å². The van der Waals surface area contributed by atoms with E-state index in [-0.39, 0.29) is 12.6 Å². The standard InChI is InChI=1S/C18H27N3O2/c1-5-23-17-8-6-7-16(11-17)13(2)19-12-18-14(3)20-21(9-10-22)15(18)4/h6-8,11,13,19,22H,5,9-10,12H2,1-4H3. The number of ether oxygens (including phenoxy) is 1. The molecule has 0 saturated carbocycles. The molecule has 126 valence electrons. The molecule has 2 aromatic rings. The molecule has 1 unspecified atom stereocenters. The Morgan fingerprint density at radius 3 is 2.83 bits per heavy atom. The van der Waals surface area contributed by atoms with Gasteiger partial charge in [-0.15, -0.1) is 0 Å². The lowest BCUT2D eigenvalue weighted by Crippen LogP contribution is -2.19. The molecule has 2 N–H and O–H groups in total. The van der Waals surface area contributed by atoms with E-state index in [4.69, 9.17) is 9.84 Å². The molecule has 0 amide bonds. The summed E-state index contributed by atoms with van der Waals surface area (Å²) in [5.74, 6) is 0.904. The van der Waals surface area contributed by atoms with Crippen molar-refractivity contribution in [1.29, 1.82) is 0 Å². The summed E-state index contributed by atoms with van der Waals surface area (Å²) in [5, 5.41) is 17.1. The average molecular weight is 317 g/mol. The highest BCUT2D eigenvalue weighted by Crippen LogP contribution is 2.20. The molecule has 1 atom stereocenters. The van der Waals surface area contributed by atoms with Gasteiger partial charge in [0.2, 0.25) is 0 Å². The Morgan fingerprint density at radius 1 is 1.35 bits per heavy atom. The first-order valence-electron chi connectivity index (χ1n) is 8.16. The number of aryl methyl sites for hydroxylation is 1. The number of aliphatic hydroxyl groups excluding tert-OH is 1.